The number of hydrogen-bond donors (Lipinski definition) is 1. The number of para-hydroxylation sites is 1. The minimum atomic E-state index is 0.195. The maximum atomic E-state index is 3.77. The second kappa shape index (κ2) is 4.24. The molecule has 1 aliphatic heterocycles. The van der Waals surface area contributed by atoms with E-state index in [2.05, 4.69) is 56.1 Å². The molecule has 104 valence electrons. The zero-order valence-electron chi connectivity index (χ0n) is 12.7. The van der Waals surface area contributed by atoms with E-state index < -0.39 is 0 Å². The minimum absolute atomic E-state index is 0.195. The van der Waals surface area contributed by atoms with Crippen molar-refractivity contribution in [3.8, 4) is 0 Å². The normalized spacial score (nSPS) is 24.3. The summed E-state index contributed by atoms with van der Waals surface area (Å²) in [5.41, 5.74) is 5.02. The molecule has 1 aromatic rings. The van der Waals surface area contributed by atoms with Gasteiger partial charge in [0, 0.05) is 36.3 Å². The molecule has 19 heavy (non-hydrogen) atoms. The smallest absolute Gasteiger partial charge is 0.0426 e. The standard InChI is InChI=1S/C17H26N2/c1-13-6-5-7-14(2)15(13)19-11-16(3,4)18-10-17(12-19)8-9-17/h5-7,18H,8-12H2,1-4H3. The zero-order valence-corrected chi connectivity index (χ0v) is 12.7. The van der Waals surface area contributed by atoms with Crippen molar-refractivity contribution in [2.24, 2.45) is 5.41 Å². The van der Waals surface area contributed by atoms with Crippen molar-refractivity contribution < 1.29 is 0 Å². The van der Waals surface area contributed by atoms with Gasteiger partial charge in [-0.2, -0.15) is 0 Å². The molecule has 0 atom stereocenters. The summed E-state index contributed by atoms with van der Waals surface area (Å²) in [6, 6.07) is 6.66. The van der Waals surface area contributed by atoms with Crippen LogP contribution in [-0.2, 0) is 0 Å². The summed E-state index contributed by atoms with van der Waals surface area (Å²) in [6.45, 7) is 12.6. The van der Waals surface area contributed by atoms with E-state index in [-0.39, 0.29) is 5.54 Å². The fraction of sp³-hybridized carbons (Fsp3) is 0.647. The molecule has 0 unspecified atom stereocenters. The predicted molar refractivity (Wildman–Crippen MR) is 81.9 cm³/mol. The van der Waals surface area contributed by atoms with Gasteiger partial charge in [-0.15, -0.1) is 0 Å². The molecule has 2 heteroatoms. The summed E-state index contributed by atoms with van der Waals surface area (Å²) in [5, 5.41) is 3.77. The van der Waals surface area contributed by atoms with Crippen LogP contribution in [0.25, 0.3) is 0 Å². The molecule has 1 N–H and O–H groups in total. The lowest BCUT2D eigenvalue weighted by Gasteiger charge is -2.33. The molecule has 0 bridgehead atoms. The van der Waals surface area contributed by atoms with Gasteiger partial charge in [0.2, 0.25) is 0 Å². The van der Waals surface area contributed by atoms with Crippen LogP contribution in [0.2, 0.25) is 0 Å². The van der Waals surface area contributed by atoms with E-state index >= 15 is 0 Å². The number of benzene rings is 1. The summed E-state index contributed by atoms with van der Waals surface area (Å²) >= 11 is 0. The molecule has 1 spiro atoms. The largest absolute Gasteiger partial charge is 0.369 e. The molecule has 2 fully saturated rings. The van der Waals surface area contributed by atoms with Crippen LogP contribution in [0.5, 0.6) is 0 Å². The molecule has 1 saturated heterocycles. The molecule has 2 nitrogen and oxygen atoms in total. The van der Waals surface area contributed by atoms with Crippen LogP contribution in [0.15, 0.2) is 18.2 Å². The maximum absolute atomic E-state index is 3.77. The Bertz CT molecular complexity index is 458. The maximum Gasteiger partial charge on any atom is 0.0426 e. The van der Waals surface area contributed by atoms with Crippen molar-refractivity contribution in [1.29, 1.82) is 0 Å². The average Bonchev–Trinajstić information content (AvgIpc) is 3.07. The van der Waals surface area contributed by atoms with Crippen molar-refractivity contribution in [3.63, 3.8) is 0 Å². The predicted octanol–water partition coefficient (Wildman–Crippen LogP) is 3.27. The van der Waals surface area contributed by atoms with E-state index in [0.29, 0.717) is 5.41 Å². The van der Waals surface area contributed by atoms with Gasteiger partial charge < -0.3 is 10.2 Å². The molecule has 1 aromatic carbocycles. The van der Waals surface area contributed by atoms with E-state index in [1.54, 1.807) is 0 Å². The topological polar surface area (TPSA) is 15.3 Å². The van der Waals surface area contributed by atoms with Gasteiger partial charge in [0.1, 0.15) is 0 Å². The Kier molecular flexibility index (Phi) is 2.90. The van der Waals surface area contributed by atoms with Crippen molar-refractivity contribution in [2.75, 3.05) is 24.5 Å². The van der Waals surface area contributed by atoms with Crippen LogP contribution in [0.1, 0.15) is 37.8 Å². The highest BCUT2D eigenvalue weighted by Gasteiger charge is 2.47. The van der Waals surface area contributed by atoms with Gasteiger partial charge in [-0.25, -0.2) is 0 Å². The number of hydrogen-bond acceptors (Lipinski definition) is 2. The first-order valence-corrected chi connectivity index (χ1v) is 7.47. The zero-order chi connectivity index (χ0) is 13.7. The Morgan fingerprint density at radius 3 is 2.26 bits per heavy atom. The Morgan fingerprint density at radius 1 is 1.05 bits per heavy atom. The van der Waals surface area contributed by atoms with Crippen LogP contribution in [-0.4, -0.2) is 25.2 Å². The molecule has 1 saturated carbocycles. The Balaban J connectivity index is 1.97. The molecule has 0 amide bonds. The minimum Gasteiger partial charge on any atom is -0.369 e. The Hall–Kier alpha value is -1.02. The molecule has 3 rings (SSSR count). The van der Waals surface area contributed by atoms with Gasteiger partial charge in [-0.05, 0) is 51.7 Å². The third-order valence-electron chi connectivity index (χ3n) is 4.77. The fourth-order valence-corrected chi connectivity index (χ4v) is 3.45. The third-order valence-corrected chi connectivity index (χ3v) is 4.77. The monoisotopic (exact) mass is 258 g/mol. The highest BCUT2D eigenvalue weighted by atomic mass is 15.2. The average molecular weight is 258 g/mol. The second-order valence-corrected chi connectivity index (χ2v) is 7.33. The lowest BCUT2D eigenvalue weighted by Crippen LogP contribution is -2.46. The Labute approximate surface area is 117 Å². The van der Waals surface area contributed by atoms with Gasteiger partial charge in [-0.1, -0.05) is 18.2 Å². The number of nitrogens with zero attached hydrogens (tertiary/aromatic N) is 1. The van der Waals surface area contributed by atoms with Crippen molar-refractivity contribution >= 4 is 5.69 Å². The first-order valence-electron chi connectivity index (χ1n) is 7.47. The van der Waals surface area contributed by atoms with E-state index in [1.165, 1.54) is 42.7 Å². The summed E-state index contributed by atoms with van der Waals surface area (Å²) < 4.78 is 0. The SMILES string of the molecule is Cc1cccc(C)c1N1CC2(CC2)CNC(C)(C)C1. The highest BCUT2D eigenvalue weighted by Crippen LogP contribution is 2.48. The molecule has 0 aromatic heterocycles. The number of rotatable bonds is 1. The number of anilines is 1. The van der Waals surface area contributed by atoms with E-state index in [0.717, 1.165) is 6.54 Å². The van der Waals surface area contributed by atoms with Gasteiger partial charge >= 0.3 is 0 Å². The summed E-state index contributed by atoms with van der Waals surface area (Å²) in [6.07, 6.45) is 2.77. The van der Waals surface area contributed by atoms with Gasteiger partial charge in [-0.3, -0.25) is 0 Å². The van der Waals surface area contributed by atoms with Gasteiger partial charge in [0.05, 0.1) is 0 Å². The van der Waals surface area contributed by atoms with E-state index in [4.69, 9.17) is 0 Å². The molecule has 1 aliphatic carbocycles. The van der Waals surface area contributed by atoms with Gasteiger partial charge in [0.15, 0.2) is 0 Å². The van der Waals surface area contributed by atoms with Crippen LogP contribution in [0.3, 0.4) is 0 Å². The summed E-state index contributed by atoms with van der Waals surface area (Å²) in [5.74, 6) is 0. The van der Waals surface area contributed by atoms with Crippen LogP contribution >= 0.6 is 0 Å². The molecule has 2 aliphatic rings. The van der Waals surface area contributed by atoms with Crippen molar-refractivity contribution in [3.05, 3.63) is 29.3 Å². The summed E-state index contributed by atoms with van der Waals surface area (Å²) in [7, 11) is 0. The van der Waals surface area contributed by atoms with Gasteiger partial charge in [0.25, 0.3) is 0 Å². The van der Waals surface area contributed by atoms with Crippen molar-refractivity contribution in [1.82, 2.24) is 5.32 Å². The Morgan fingerprint density at radius 2 is 1.68 bits per heavy atom. The first kappa shape index (κ1) is 13.0. The van der Waals surface area contributed by atoms with E-state index in [9.17, 15) is 0 Å². The number of aryl methyl sites for hydroxylation is 2. The van der Waals surface area contributed by atoms with E-state index in [1.807, 2.05) is 0 Å². The molecule has 0 radical (unpaired) electrons. The highest BCUT2D eigenvalue weighted by molar-refractivity contribution is 5.59. The quantitative estimate of drug-likeness (QED) is 0.831. The lowest BCUT2D eigenvalue weighted by molar-refractivity contribution is 0.389. The molecular weight excluding hydrogens is 232 g/mol. The number of nitrogens with one attached hydrogen (secondary N) is 1. The summed E-state index contributed by atoms with van der Waals surface area (Å²) in [4.78, 5) is 2.64. The first-order chi connectivity index (χ1) is 8.91. The van der Waals surface area contributed by atoms with Crippen LogP contribution < -0.4 is 10.2 Å². The molecule has 1 heterocycles. The fourth-order valence-electron chi connectivity index (χ4n) is 3.45. The van der Waals surface area contributed by atoms with Crippen LogP contribution in [0, 0.1) is 19.3 Å². The lowest BCUT2D eigenvalue weighted by atomic mass is 10.0. The molecular formula is C17H26N2. The third kappa shape index (κ3) is 2.51. The van der Waals surface area contributed by atoms with Crippen molar-refractivity contribution in [2.45, 2.75) is 46.1 Å². The second-order valence-electron chi connectivity index (χ2n) is 7.33. The van der Waals surface area contributed by atoms with Crippen LogP contribution in [0.4, 0.5) is 5.69 Å².